The molecule has 2 aromatic carbocycles. The standard InChI is InChI=1S/C21H23N5/c1-3-4-7-14-22-20-17-8-5-6-9-18(17)26-21(23-20)19(24-25-26)16-12-10-15(2)11-13-16/h5-6,8-13H,3-4,7,14H2,1-2H3,(H,22,23). The van der Waals surface area contributed by atoms with Gasteiger partial charge in [0.15, 0.2) is 5.65 Å². The summed E-state index contributed by atoms with van der Waals surface area (Å²) in [6.45, 7) is 5.21. The number of para-hydroxylation sites is 1. The summed E-state index contributed by atoms with van der Waals surface area (Å²) < 4.78 is 1.84. The maximum atomic E-state index is 4.89. The molecule has 2 heterocycles. The zero-order valence-electron chi connectivity index (χ0n) is 15.2. The van der Waals surface area contributed by atoms with Crippen LogP contribution in [0.1, 0.15) is 31.7 Å². The van der Waals surface area contributed by atoms with Gasteiger partial charge in [0.05, 0.1) is 5.52 Å². The summed E-state index contributed by atoms with van der Waals surface area (Å²) in [6.07, 6.45) is 3.56. The van der Waals surface area contributed by atoms with Crippen LogP contribution in [0.25, 0.3) is 27.8 Å². The molecule has 132 valence electrons. The van der Waals surface area contributed by atoms with Gasteiger partial charge in [-0.05, 0) is 25.5 Å². The lowest BCUT2D eigenvalue weighted by molar-refractivity contribution is 0.742. The Morgan fingerprint density at radius 1 is 1.00 bits per heavy atom. The first kappa shape index (κ1) is 16.5. The normalized spacial score (nSPS) is 11.3. The lowest BCUT2D eigenvalue weighted by Gasteiger charge is -2.10. The third-order valence-electron chi connectivity index (χ3n) is 4.65. The van der Waals surface area contributed by atoms with E-state index in [4.69, 9.17) is 4.98 Å². The summed E-state index contributed by atoms with van der Waals surface area (Å²) in [5.74, 6) is 0.903. The van der Waals surface area contributed by atoms with E-state index in [1.165, 1.54) is 18.4 Å². The number of hydrogen-bond acceptors (Lipinski definition) is 4. The SMILES string of the molecule is CCCCCNc1nc2c(-c3ccc(C)cc3)nnn2c2ccccc12. The molecule has 0 saturated heterocycles. The van der Waals surface area contributed by atoms with E-state index in [2.05, 4.69) is 65.9 Å². The highest BCUT2D eigenvalue weighted by molar-refractivity contribution is 5.93. The average Bonchev–Trinajstić information content (AvgIpc) is 3.10. The predicted octanol–water partition coefficient (Wildman–Crippen LogP) is 4.86. The summed E-state index contributed by atoms with van der Waals surface area (Å²) in [5.41, 5.74) is 4.87. The van der Waals surface area contributed by atoms with Gasteiger partial charge >= 0.3 is 0 Å². The predicted molar refractivity (Wildman–Crippen MR) is 106 cm³/mol. The fourth-order valence-electron chi connectivity index (χ4n) is 3.18. The Kier molecular flexibility index (Phi) is 4.52. The van der Waals surface area contributed by atoms with E-state index in [9.17, 15) is 0 Å². The summed E-state index contributed by atoms with van der Waals surface area (Å²) in [6, 6.07) is 16.5. The van der Waals surface area contributed by atoms with Gasteiger partial charge in [0.2, 0.25) is 0 Å². The zero-order valence-corrected chi connectivity index (χ0v) is 15.2. The van der Waals surface area contributed by atoms with Gasteiger partial charge in [0, 0.05) is 17.5 Å². The monoisotopic (exact) mass is 345 g/mol. The number of nitrogens with one attached hydrogen (secondary N) is 1. The Bertz CT molecular complexity index is 1030. The van der Waals surface area contributed by atoms with Gasteiger partial charge in [-0.3, -0.25) is 0 Å². The molecule has 0 radical (unpaired) electrons. The minimum absolute atomic E-state index is 0.783. The van der Waals surface area contributed by atoms with E-state index in [-0.39, 0.29) is 0 Å². The Hall–Kier alpha value is -2.95. The summed E-state index contributed by atoms with van der Waals surface area (Å²) in [4.78, 5) is 4.89. The molecule has 0 unspecified atom stereocenters. The molecule has 4 aromatic rings. The Morgan fingerprint density at radius 2 is 1.81 bits per heavy atom. The van der Waals surface area contributed by atoms with E-state index in [1.807, 2.05) is 16.6 Å². The average molecular weight is 345 g/mol. The number of fused-ring (bicyclic) bond motifs is 3. The number of anilines is 1. The van der Waals surface area contributed by atoms with Crippen molar-refractivity contribution in [2.75, 3.05) is 11.9 Å². The first-order valence-corrected chi connectivity index (χ1v) is 9.23. The van der Waals surface area contributed by atoms with Crippen molar-refractivity contribution in [3.8, 4) is 11.3 Å². The van der Waals surface area contributed by atoms with E-state index in [0.717, 1.165) is 46.6 Å². The molecule has 0 spiro atoms. The van der Waals surface area contributed by atoms with Gasteiger partial charge in [0.1, 0.15) is 11.5 Å². The maximum Gasteiger partial charge on any atom is 0.186 e. The van der Waals surface area contributed by atoms with Crippen molar-refractivity contribution >= 4 is 22.4 Å². The Balaban J connectivity index is 1.84. The molecule has 5 nitrogen and oxygen atoms in total. The molecule has 1 N–H and O–H groups in total. The van der Waals surface area contributed by atoms with Crippen LogP contribution in [0.5, 0.6) is 0 Å². The van der Waals surface area contributed by atoms with E-state index >= 15 is 0 Å². The molecule has 0 bridgehead atoms. The van der Waals surface area contributed by atoms with Crippen molar-refractivity contribution < 1.29 is 0 Å². The van der Waals surface area contributed by atoms with Gasteiger partial charge < -0.3 is 5.32 Å². The van der Waals surface area contributed by atoms with Crippen LogP contribution in [0.4, 0.5) is 5.82 Å². The lowest BCUT2D eigenvalue weighted by atomic mass is 10.1. The number of aromatic nitrogens is 4. The second-order valence-corrected chi connectivity index (χ2v) is 6.65. The highest BCUT2D eigenvalue weighted by Gasteiger charge is 2.15. The summed E-state index contributed by atoms with van der Waals surface area (Å²) in [7, 11) is 0. The van der Waals surface area contributed by atoms with Crippen molar-refractivity contribution in [1.82, 2.24) is 19.8 Å². The van der Waals surface area contributed by atoms with Crippen molar-refractivity contribution in [3.05, 3.63) is 54.1 Å². The van der Waals surface area contributed by atoms with Crippen LogP contribution < -0.4 is 5.32 Å². The second-order valence-electron chi connectivity index (χ2n) is 6.65. The molecular formula is C21H23N5. The fraction of sp³-hybridized carbons (Fsp3) is 0.286. The van der Waals surface area contributed by atoms with Crippen molar-refractivity contribution in [1.29, 1.82) is 0 Å². The highest BCUT2D eigenvalue weighted by atomic mass is 15.4. The smallest absolute Gasteiger partial charge is 0.186 e. The number of benzene rings is 2. The molecule has 2 aromatic heterocycles. The zero-order chi connectivity index (χ0) is 17.9. The van der Waals surface area contributed by atoms with Crippen molar-refractivity contribution in [2.45, 2.75) is 33.1 Å². The highest BCUT2D eigenvalue weighted by Crippen LogP contribution is 2.28. The largest absolute Gasteiger partial charge is 0.369 e. The molecule has 5 heteroatoms. The van der Waals surface area contributed by atoms with Crippen LogP contribution in [0.15, 0.2) is 48.5 Å². The molecule has 0 aliphatic carbocycles. The minimum Gasteiger partial charge on any atom is -0.369 e. The molecule has 0 amide bonds. The molecule has 0 aliphatic rings. The maximum absolute atomic E-state index is 4.89. The minimum atomic E-state index is 0.783. The summed E-state index contributed by atoms with van der Waals surface area (Å²) >= 11 is 0. The van der Waals surface area contributed by atoms with Crippen LogP contribution in [0.2, 0.25) is 0 Å². The molecule has 4 rings (SSSR count). The number of hydrogen-bond donors (Lipinski definition) is 1. The van der Waals surface area contributed by atoms with Gasteiger partial charge in [-0.1, -0.05) is 66.9 Å². The van der Waals surface area contributed by atoms with Gasteiger partial charge in [-0.2, -0.15) is 4.52 Å². The van der Waals surface area contributed by atoms with Gasteiger partial charge in [0.25, 0.3) is 0 Å². The van der Waals surface area contributed by atoms with E-state index < -0.39 is 0 Å². The molecule has 0 atom stereocenters. The molecule has 0 fully saturated rings. The number of nitrogens with zero attached hydrogens (tertiary/aromatic N) is 4. The van der Waals surface area contributed by atoms with E-state index in [0.29, 0.717) is 0 Å². The number of rotatable bonds is 6. The second kappa shape index (κ2) is 7.12. The van der Waals surface area contributed by atoms with Crippen LogP contribution in [-0.4, -0.2) is 26.4 Å². The molecule has 26 heavy (non-hydrogen) atoms. The van der Waals surface area contributed by atoms with Crippen molar-refractivity contribution in [2.24, 2.45) is 0 Å². The first-order valence-electron chi connectivity index (χ1n) is 9.23. The summed E-state index contributed by atoms with van der Waals surface area (Å²) in [5, 5.41) is 13.4. The Labute approximate surface area is 153 Å². The number of unbranched alkanes of at least 4 members (excludes halogenated alkanes) is 2. The van der Waals surface area contributed by atoms with E-state index in [1.54, 1.807) is 0 Å². The van der Waals surface area contributed by atoms with Crippen LogP contribution >= 0.6 is 0 Å². The lowest BCUT2D eigenvalue weighted by Crippen LogP contribution is -2.06. The Morgan fingerprint density at radius 3 is 2.62 bits per heavy atom. The van der Waals surface area contributed by atoms with Gasteiger partial charge in [-0.25, -0.2) is 4.98 Å². The molecule has 0 saturated carbocycles. The number of aryl methyl sites for hydroxylation is 1. The van der Waals surface area contributed by atoms with Crippen LogP contribution in [0.3, 0.4) is 0 Å². The quantitative estimate of drug-likeness (QED) is 0.507. The topological polar surface area (TPSA) is 55.1 Å². The van der Waals surface area contributed by atoms with Gasteiger partial charge in [-0.15, -0.1) is 5.10 Å². The van der Waals surface area contributed by atoms with Crippen LogP contribution in [-0.2, 0) is 0 Å². The van der Waals surface area contributed by atoms with Crippen LogP contribution in [0, 0.1) is 6.92 Å². The third kappa shape index (κ3) is 3.01. The first-order chi connectivity index (χ1) is 12.8. The molecular weight excluding hydrogens is 322 g/mol. The van der Waals surface area contributed by atoms with Crippen molar-refractivity contribution in [3.63, 3.8) is 0 Å². The molecule has 0 aliphatic heterocycles. The third-order valence-corrected chi connectivity index (χ3v) is 4.65. The fourth-order valence-corrected chi connectivity index (χ4v) is 3.18.